The molecular formula is C24H28N2O5. The molecule has 164 valence electrons. The summed E-state index contributed by atoms with van der Waals surface area (Å²) in [5.74, 6) is 0.159. The first-order chi connectivity index (χ1) is 15.0. The maximum Gasteiger partial charge on any atom is 0.303 e. The van der Waals surface area contributed by atoms with E-state index in [4.69, 9.17) is 14.6 Å². The fourth-order valence-electron chi connectivity index (χ4n) is 3.69. The quantitative estimate of drug-likeness (QED) is 0.652. The highest BCUT2D eigenvalue weighted by atomic mass is 16.5. The second-order valence-electron chi connectivity index (χ2n) is 7.41. The topological polar surface area (TPSA) is 88.4 Å². The van der Waals surface area contributed by atoms with Crippen LogP contribution in [0.15, 0.2) is 47.6 Å². The van der Waals surface area contributed by atoms with Gasteiger partial charge in [0.1, 0.15) is 11.5 Å². The molecule has 1 amide bonds. The number of carbonyl (C=O) groups is 2. The van der Waals surface area contributed by atoms with Crippen LogP contribution in [0.25, 0.3) is 0 Å². The molecule has 7 nitrogen and oxygen atoms in total. The summed E-state index contributed by atoms with van der Waals surface area (Å²) < 4.78 is 10.9. The fraction of sp³-hybridized carbons (Fsp3) is 0.375. The minimum Gasteiger partial charge on any atom is -0.497 e. The minimum atomic E-state index is -0.914. The Morgan fingerprint density at radius 2 is 1.84 bits per heavy atom. The highest BCUT2D eigenvalue weighted by Crippen LogP contribution is 2.39. The summed E-state index contributed by atoms with van der Waals surface area (Å²) in [5, 5.41) is 15.0. The van der Waals surface area contributed by atoms with E-state index in [2.05, 4.69) is 24.2 Å². The Hall–Kier alpha value is -3.35. The Kier molecular flexibility index (Phi) is 7.28. The van der Waals surface area contributed by atoms with Gasteiger partial charge in [-0.3, -0.25) is 9.59 Å². The largest absolute Gasteiger partial charge is 0.497 e. The van der Waals surface area contributed by atoms with E-state index in [1.54, 1.807) is 20.3 Å². The number of carboxylic acid groups (broad SMARTS) is 1. The van der Waals surface area contributed by atoms with Crippen LogP contribution >= 0.6 is 0 Å². The first kappa shape index (κ1) is 22.3. The average molecular weight is 424 g/mol. The molecule has 1 aliphatic rings. The van der Waals surface area contributed by atoms with Crippen molar-refractivity contribution in [3.63, 3.8) is 0 Å². The van der Waals surface area contributed by atoms with Gasteiger partial charge in [0.05, 0.1) is 26.0 Å². The van der Waals surface area contributed by atoms with Crippen LogP contribution < -0.4 is 9.47 Å². The van der Waals surface area contributed by atoms with Gasteiger partial charge in [0.15, 0.2) is 0 Å². The van der Waals surface area contributed by atoms with Gasteiger partial charge in [0.2, 0.25) is 5.91 Å². The van der Waals surface area contributed by atoms with Crippen molar-refractivity contribution in [1.82, 2.24) is 5.01 Å². The van der Waals surface area contributed by atoms with Crippen LogP contribution in [0.4, 0.5) is 0 Å². The summed E-state index contributed by atoms with van der Waals surface area (Å²) in [6.07, 6.45) is 1.83. The van der Waals surface area contributed by atoms with E-state index in [0.717, 1.165) is 23.3 Å². The fourth-order valence-corrected chi connectivity index (χ4v) is 3.69. The van der Waals surface area contributed by atoms with Crippen molar-refractivity contribution in [2.75, 3.05) is 14.2 Å². The van der Waals surface area contributed by atoms with Gasteiger partial charge >= 0.3 is 5.97 Å². The van der Waals surface area contributed by atoms with Crippen molar-refractivity contribution < 1.29 is 24.2 Å². The number of aliphatic carboxylic acids is 1. The molecule has 0 aromatic heterocycles. The van der Waals surface area contributed by atoms with Gasteiger partial charge in [-0.05, 0) is 36.1 Å². The lowest BCUT2D eigenvalue weighted by Crippen LogP contribution is -2.27. The number of amides is 1. The predicted octanol–water partition coefficient (Wildman–Crippen LogP) is 4.20. The summed E-state index contributed by atoms with van der Waals surface area (Å²) in [6, 6.07) is 13.4. The zero-order chi connectivity index (χ0) is 22.4. The summed E-state index contributed by atoms with van der Waals surface area (Å²) in [4.78, 5) is 23.8. The van der Waals surface area contributed by atoms with Crippen LogP contribution in [-0.2, 0) is 16.0 Å². The number of carbonyl (C=O) groups excluding carboxylic acids is 1. The van der Waals surface area contributed by atoms with Crippen molar-refractivity contribution in [3.8, 4) is 11.5 Å². The second-order valence-corrected chi connectivity index (χ2v) is 7.41. The van der Waals surface area contributed by atoms with Gasteiger partial charge in [-0.1, -0.05) is 31.2 Å². The number of methoxy groups -OCH3 is 2. The molecule has 0 aliphatic carbocycles. The molecule has 0 radical (unpaired) electrons. The van der Waals surface area contributed by atoms with Gasteiger partial charge < -0.3 is 14.6 Å². The lowest BCUT2D eigenvalue weighted by atomic mass is 9.96. The Labute approximate surface area is 182 Å². The standard InChI is InChI=1S/C24H28N2O5/c1-4-16-8-10-17(11-9-16)20-15-21(19-13-12-18(30-2)14-22(19)31-3)26(25-20)23(27)6-5-7-24(28)29/h8-14,21H,4-7,15H2,1-3H3,(H,28,29)/t21-/m1/s1. The zero-order valence-electron chi connectivity index (χ0n) is 18.1. The molecule has 0 saturated heterocycles. The molecule has 3 rings (SSSR count). The molecule has 0 saturated carbocycles. The SMILES string of the molecule is CCc1ccc(C2=NN(C(=O)CCCC(=O)O)[C@@H](c3ccc(OC)cc3OC)C2)cc1. The highest BCUT2D eigenvalue weighted by molar-refractivity contribution is 6.03. The zero-order valence-corrected chi connectivity index (χ0v) is 18.1. The molecular weight excluding hydrogens is 396 g/mol. The smallest absolute Gasteiger partial charge is 0.303 e. The summed E-state index contributed by atoms with van der Waals surface area (Å²) in [5.41, 5.74) is 3.85. The number of benzene rings is 2. The number of hydrazone groups is 1. The molecule has 0 bridgehead atoms. The molecule has 2 aromatic carbocycles. The van der Waals surface area contributed by atoms with Crippen LogP contribution in [0.3, 0.4) is 0 Å². The lowest BCUT2D eigenvalue weighted by Gasteiger charge is -2.24. The normalized spacial score (nSPS) is 15.5. The van der Waals surface area contributed by atoms with Crippen molar-refractivity contribution in [2.45, 2.75) is 45.1 Å². The summed E-state index contributed by atoms with van der Waals surface area (Å²) >= 11 is 0. The van der Waals surface area contributed by atoms with Gasteiger partial charge in [-0.25, -0.2) is 5.01 Å². The van der Waals surface area contributed by atoms with Gasteiger partial charge in [0.25, 0.3) is 0 Å². The molecule has 1 N–H and O–H groups in total. The Balaban J connectivity index is 1.92. The van der Waals surface area contributed by atoms with Gasteiger partial charge in [-0.2, -0.15) is 5.10 Å². The third-order valence-corrected chi connectivity index (χ3v) is 5.44. The summed E-state index contributed by atoms with van der Waals surface area (Å²) in [6.45, 7) is 2.10. The van der Waals surface area contributed by atoms with Crippen molar-refractivity contribution in [3.05, 3.63) is 59.2 Å². The number of aryl methyl sites for hydroxylation is 1. The lowest BCUT2D eigenvalue weighted by molar-refractivity contribution is -0.137. The van der Waals surface area contributed by atoms with Gasteiger partial charge in [0, 0.05) is 30.9 Å². The maximum atomic E-state index is 13.0. The van der Waals surface area contributed by atoms with E-state index >= 15 is 0 Å². The monoisotopic (exact) mass is 424 g/mol. The van der Waals surface area contributed by atoms with Crippen LogP contribution in [0, 0.1) is 0 Å². The van der Waals surface area contributed by atoms with E-state index in [-0.39, 0.29) is 31.2 Å². The number of carboxylic acids is 1. The van der Waals surface area contributed by atoms with E-state index in [0.29, 0.717) is 17.9 Å². The molecule has 1 aliphatic heterocycles. The molecule has 1 atom stereocenters. The van der Waals surface area contributed by atoms with Crippen molar-refractivity contribution in [2.24, 2.45) is 5.10 Å². The van der Waals surface area contributed by atoms with Crippen LogP contribution in [0.1, 0.15) is 55.3 Å². The molecule has 1 heterocycles. The first-order valence-corrected chi connectivity index (χ1v) is 10.4. The van der Waals surface area contributed by atoms with Crippen LogP contribution in [-0.4, -0.2) is 41.9 Å². The maximum absolute atomic E-state index is 13.0. The molecule has 31 heavy (non-hydrogen) atoms. The third-order valence-electron chi connectivity index (χ3n) is 5.44. The molecule has 0 spiro atoms. The Morgan fingerprint density at radius 3 is 2.45 bits per heavy atom. The molecule has 2 aromatic rings. The van der Waals surface area contributed by atoms with E-state index < -0.39 is 5.97 Å². The number of hydrogen-bond donors (Lipinski definition) is 1. The van der Waals surface area contributed by atoms with Crippen LogP contribution in [0.5, 0.6) is 11.5 Å². The molecule has 7 heteroatoms. The second kappa shape index (κ2) is 10.1. The number of nitrogens with zero attached hydrogens (tertiary/aromatic N) is 2. The number of ether oxygens (including phenoxy) is 2. The van der Waals surface area contributed by atoms with E-state index in [1.807, 2.05) is 24.3 Å². The third kappa shape index (κ3) is 5.23. The van der Waals surface area contributed by atoms with Crippen molar-refractivity contribution in [1.29, 1.82) is 0 Å². The molecule has 0 fully saturated rings. The Morgan fingerprint density at radius 1 is 1.10 bits per heavy atom. The van der Waals surface area contributed by atoms with Gasteiger partial charge in [-0.15, -0.1) is 0 Å². The minimum absolute atomic E-state index is 0.0504. The molecule has 0 unspecified atom stereocenters. The predicted molar refractivity (Wildman–Crippen MR) is 118 cm³/mol. The summed E-state index contributed by atoms with van der Waals surface area (Å²) in [7, 11) is 3.17. The van der Waals surface area contributed by atoms with E-state index in [1.165, 1.54) is 10.6 Å². The van der Waals surface area contributed by atoms with Crippen molar-refractivity contribution >= 4 is 17.6 Å². The van der Waals surface area contributed by atoms with Crippen LogP contribution in [0.2, 0.25) is 0 Å². The highest BCUT2D eigenvalue weighted by Gasteiger charge is 2.34. The average Bonchev–Trinajstić information content (AvgIpc) is 3.23. The van der Waals surface area contributed by atoms with E-state index in [9.17, 15) is 9.59 Å². The first-order valence-electron chi connectivity index (χ1n) is 10.4. The number of rotatable bonds is 9. The number of hydrogen-bond acceptors (Lipinski definition) is 5. The Bertz CT molecular complexity index is 968.